The van der Waals surface area contributed by atoms with Crippen LogP contribution in [-0.2, 0) is 9.53 Å². The van der Waals surface area contributed by atoms with E-state index in [-0.39, 0.29) is 5.91 Å². The molecule has 1 aliphatic rings. The van der Waals surface area contributed by atoms with Crippen LogP contribution in [0.2, 0.25) is 0 Å². The lowest BCUT2D eigenvalue weighted by Gasteiger charge is -2.35. The van der Waals surface area contributed by atoms with E-state index in [2.05, 4.69) is 24.1 Å². The van der Waals surface area contributed by atoms with E-state index >= 15 is 0 Å². The quantitative estimate of drug-likeness (QED) is 0.579. The van der Waals surface area contributed by atoms with Gasteiger partial charge in [0.15, 0.2) is 0 Å². The van der Waals surface area contributed by atoms with Gasteiger partial charge in [0.05, 0.1) is 6.61 Å². The number of hydrogen-bond donors (Lipinski definition) is 1. The summed E-state index contributed by atoms with van der Waals surface area (Å²) in [7, 11) is 0. The molecule has 0 heterocycles. The smallest absolute Gasteiger partial charge is 0.256 e. The Bertz CT molecular complexity index is 544. The first-order chi connectivity index (χ1) is 13.1. The zero-order chi connectivity index (χ0) is 19.5. The van der Waals surface area contributed by atoms with Gasteiger partial charge in [-0.1, -0.05) is 33.1 Å². The maximum Gasteiger partial charge on any atom is 0.256 e. The van der Waals surface area contributed by atoms with Crippen LogP contribution >= 0.6 is 0 Å². The summed E-state index contributed by atoms with van der Waals surface area (Å²) in [5, 5.41) is 3.04. The first kappa shape index (κ1) is 21.7. The van der Waals surface area contributed by atoms with E-state index < -0.39 is 5.60 Å². The summed E-state index contributed by atoms with van der Waals surface area (Å²) in [6, 6.07) is 7.64. The number of anilines is 1. The lowest BCUT2D eigenvalue weighted by atomic mass is 9.83. The minimum absolute atomic E-state index is 0.0167. The van der Waals surface area contributed by atoms with Gasteiger partial charge in [-0.25, -0.2) is 0 Å². The molecule has 0 bridgehead atoms. The summed E-state index contributed by atoms with van der Waals surface area (Å²) >= 11 is 0. The minimum atomic E-state index is -0.660. The molecular formula is C22H36N2O3. The standard InChI is InChI=1S/C22H36N2O3/c1-4-24(5-2)17-10-18-26-20-13-11-19(12-14-20)23-21(25)22(27-6-3)15-8-7-9-16-22/h11-14H,4-10,15-18H2,1-3H3,(H,23,25). The molecule has 1 aliphatic carbocycles. The zero-order valence-electron chi connectivity index (χ0n) is 17.3. The summed E-state index contributed by atoms with van der Waals surface area (Å²) in [6.45, 7) is 10.8. The number of benzene rings is 1. The lowest BCUT2D eigenvalue weighted by molar-refractivity contribution is -0.145. The van der Waals surface area contributed by atoms with Crippen molar-refractivity contribution < 1.29 is 14.3 Å². The van der Waals surface area contributed by atoms with Gasteiger partial charge in [-0.05, 0) is 63.5 Å². The van der Waals surface area contributed by atoms with Crippen LogP contribution in [0.5, 0.6) is 5.75 Å². The molecule has 1 amide bonds. The van der Waals surface area contributed by atoms with Crippen molar-refractivity contribution in [1.29, 1.82) is 0 Å². The Hall–Kier alpha value is -1.59. The Balaban J connectivity index is 1.83. The van der Waals surface area contributed by atoms with Crippen molar-refractivity contribution in [1.82, 2.24) is 4.90 Å². The fourth-order valence-corrected chi connectivity index (χ4v) is 3.73. The molecule has 0 atom stereocenters. The van der Waals surface area contributed by atoms with E-state index in [0.717, 1.165) is 63.2 Å². The van der Waals surface area contributed by atoms with Gasteiger partial charge in [0.1, 0.15) is 11.4 Å². The van der Waals surface area contributed by atoms with E-state index in [0.29, 0.717) is 13.2 Å². The molecule has 1 aromatic carbocycles. The number of hydrogen-bond acceptors (Lipinski definition) is 4. The zero-order valence-corrected chi connectivity index (χ0v) is 17.3. The Morgan fingerprint density at radius 3 is 2.33 bits per heavy atom. The second-order valence-electron chi connectivity index (χ2n) is 7.20. The summed E-state index contributed by atoms with van der Waals surface area (Å²) in [5.74, 6) is 0.821. The number of amides is 1. The molecule has 5 heteroatoms. The molecule has 0 spiro atoms. The molecule has 0 aliphatic heterocycles. The minimum Gasteiger partial charge on any atom is -0.494 e. The highest BCUT2D eigenvalue weighted by Gasteiger charge is 2.40. The second-order valence-corrected chi connectivity index (χ2v) is 7.20. The number of nitrogens with zero attached hydrogens (tertiary/aromatic N) is 1. The lowest BCUT2D eigenvalue weighted by Crippen LogP contribution is -2.47. The molecule has 0 aromatic heterocycles. The maximum absolute atomic E-state index is 12.8. The third kappa shape index (κ3) is 6.51. The summed E-state index contributed by atoms with van der Waals surface area (Å²) < 4.78 is 11.7. The van der Waals surface area contributed by atoms with Crippen molar-refractivity contribution in [2.75, 3.05) is 38.2 Å². The number of carbonyl (C=O) groups excluding carboxylic acids is 1. The van der Waals surface area contributed by atoms with Gasteiger partial charge in [0, 0.05) is 18.8 Å². The summed E-state index contributed by atoms with van der Waals surface area (Å²) in [6.07, 6.45) is 5.90. The average molecular weight is 377 g/mol. The van der Waals surface area contributed by atoms with Crippen LogP contribution in [0.3, 0.4) is 0 Å². The number of ether oxygens (including phenoxy) is 2. The van der Waals surface area contributed by atoms with Gasteiger partial charge in [-0.2, -0.15) is 0 Å². The van der Waals surface area contributed by atoms with Crippen LogP contribution in [0.4, 0.5) is 5.69 Å². The Morgan fingerprint density at radius 2 is 1.74 bits per heavy atom. The highest BCUT2D eigenvalue weighted by Crippen LogP contribution is 2.33. The van der Waals surface area contributed by atoms with E-state index in [9.17, 15) is 4.79 Å². The predicted molar refractivity (Wildman–Crippen MR) is 110 cm³/mol. The van der Waals surface area contributed by atoms with Gasteiger partial charge < -0.3 is 19.7 Å². The molecule has 0 unspecified atom stereocenters. The van der Waals surface area contributed by atoms with Gasteiger partial charge >= 0.3 is 0 Å². The first-order valence-electron chi connectivity index (χ1n) is 10.5. The maximum atomic E-state index is 12.8. The molecule has 5 nitrogen and oxygen atoms in total. The molecular weight excluding hydrogens is 340 g/mol. The molecule has 0 saturated heterocycles. The number of nitrogens with one attached hydrogen (secondary N) is 1. The van der Waals surface area contributed by atoms with Gasteiger partial charge in [-0.15, -0.1) is 0 Å². The largest absolute Gasteiger partial charge is 0.494 e. The Kier molecular flexibility index (Phi) is 9.08. The molecule has 1 aromatic rings. The molecule has 152 valence electrons. The van der Waals surface area contributed by atoms with Crippen molar-refractivity contribution in [3.8, 4) is 5.75 Å². The predicted octanol–water partition coefficient (Wildman–Crippen LogP) is 4.48. The van der Waals surface area contributed by atoms with Crippen LogP contribution in [-0.4, -0.2) is 49.3 Å². The average Bonchev–Trinajstić information content (AvgIpc) is 2.70. The van der Waals surface area contributed by atoms with Crippen LogP contribution in [0.25, 0.3) is 0 Å². The van der Waals surface area contributed by atoms with Gasteiger partial charge in [0.25, 0.3) is 5.91 Å². The second kappa shape index (κ2) is 11.3. The van der Waals surface area contributed by atoms with Crippen molar-refractivity contribution in [3.63, 3.8) is 0 Å². The molecule has 1 N–H and O–H groups in total. The SMILES string of the molecule is CCOC1(C(=O)Nc2ccc(OCCCN(CC)CC)cc2)CCCCC1. The van der Waals surface area contributed by atoms with E-state index in [1.165, 1.54) is 6.42 Å². The Labute approximate surface area is 164 Å². The number of carbonyl (C=O) groups is 1. The van der Waals surface area contributed by atoms with E-state index in [4.69, 9.17) is 9.47 Å². The van der Waals surface area contributed by atoms with E-state index in [1.54, 1.807) is 0 Å². The molecule has 1 saturated carbocycles. The first-order valence-corrected chi connectivity index (χ1v) is 10.5. The fraction of sp³-hybridized carbons (Fsp3) is 0.682. The molecule has 0 radical (unpaired) electrons. The van der Waals surface area contributed by atoms with E-state index in [1.807, 2.05) is 31.2 Å². The summed E-state index contributed by atoms with van der Waals surface area (Å²) in [4.78, 5) is 15.2. The van der Waals surface area contributed by atoms with Gasteiger partial charge in [0.2, 0.25) is 0 Å². The van der Waals surface area contributed by atoms with Crippen molar-refractivity contribution in [2.24, 2.45) is 0 Å². The highest BCUT2D eigenvalue weighted by atomic mass is 16.5. The molecule has 1 fully saturated rings. The third-order valence-corrected chi connectivity index (χ3v) is 5.39. The van der Waals surface area contributed by atoms with Gasteiger partial charge in [-0.3, -0.25) is 4.79 Å². The monoisotopic (exact) mass is 376 g/mol. The van der Waals surface area contributed by atoms with Crippen LogP contribution in [0, 0.1) is 0 Å². The van der Waals surface area contributed by atoms with Crippen LogP contribution in [0.15, 0.2) is 24.3 Å². The Morgan fingerprint density at radius 1 is 1.07 bits per heavy atom. The normalized spacial score (nSPS) is 16.3. The summed E-state index contributed by atoms with van der Waals surface area (Å²) in [5.41, 5.74) is 0.132. The van der Waals surface area contributed by atoms with Crippen molar-refractivity contribution in [3.05, 3.63) is 24.3 Å². The van der Waals surface area contributed by atoms with Crippen molar-refractivity contribution >= 4 is 11.6 Å². The third-order valence-electron chi connectivity index (χ3n) is 5.39. The van der Waals surface area contributed by atoms with Crippen LogP contribution < -0.4 is 10.1 Å². The number of rotatable bonds is 11. The highest BCUT2D eigenvalue weighted by molar-refractivity contribution is 5.97. The topological polar surface area (TPSA) is 50.8 Å². The fourth-order valence-electron chi connectivity index (χ4n) is 3.73. The molecule has 27 heavy (non-hydrogen) atoms. The van der Waals surface area contributed by atoms with Crippen molar-refractivity contribution in [2.45, 2.75) is 64.9 Å². The molecule has 2 rings (SSSR count). The van der Waals surface area contributed by atoms with Crippen LogP contribution in [0.1, 0.15) is 59.3 Å².